The van der Waals surface area contributed by atoms with Crippen molar-refractivity contribution in [2.24, 2.45) is 0 Å². The van der Waals surface area contributed by atoms with Crippen LogP contribution in [0, 0.1) is 0 Å². The van der Waals surface area contributed by atoms with Gasteiger partial charge in [-0.1, -0.05) is 18.2 Å². The molecule has 6 nitrogen and oxygen atoms in total. The normalized spacial score (nSPS) is 17.8. The lowest BCUT2D eigenvalue weighted by molar-refractivity contribution is 0.121. The number of nitrogens with zero attached hydrogens (tertiary/aromatic N) is 2. The molecule has 0 aliphatic carbocycles. The first-order valence-corrected chi connectivity index (χ1v) is 11.2. The highest BCUT2D eigenvalue weighted by Gasteiger charge is 2.22. The zero-order chi connectivity index (χ0) is 21.2. The van der Waals surface area contributed by atoms with Gasteiger partial charge in [0.2, 0.25) is 0 Å². The van der Waals surface area contributed by atoms with Crippen LogP contribution in [0.3, 0.4) is 0 Å². The Bertz CT molecular complexity index is 1100. The number of rotatable bonds is 5. The average Bonchev–Trinajstić information content (AvgIpc) is 3.35. The van der Waals surface area contributed by atoms with E-state index >= 15 is 0 Å². The fraction of sp³-hybridized carbons (Fsp3) is 0.400. The summed E-state index contributed by atoms with van der Waals surface area (Å²) < 4.78 is 11.9. The van der Waals surface area contributed by atoms with Gasteiger partial charge in [0.05, 0.1) is 24.6 Å². The summed E-state index contributed by atoms with van der Waals surface area (Å²) in [5, 5.41) is 4.22. The molecule has 1 unspecified atom stereocenters. The Hall–Kier alpha value is -2.99. The minimum Gasteiger partial charge on any atom is -0.440 e. The highest BCUT2D eigenvalue weighted by Crippen LogP contribution is 2.34. The molecule has 2 aliphatic heterocycles. The van der Waals surface area contributed by atoms with Gasteiger partial charge < -0.3 is 24.3 Å². The number of nitrogens with one attached hydrogen (secondary N) is 1. The van der Waals surface area contributed by atoms with E-state index in [0.29, 0.717) is 30.1 Å². The van der Waals surface area contributed by atoms with Crippen LogP contribution in [0.2, 0.25) is 0 Å². The maximum atomic E-state index is 13.2. The fourth-order valence-corrected chi connectivity index (χ4v) is 4.54. The van der Waals surface area contributed by atoms with E-state index in [4.69, 9.17) is 9.15 Å². The number of para-hydroxylation sites is 1. The van der Waals surface area contributed by atoms with Gasteiger partial charge in [0.25, 0.3) is 0 Å². The Kier molecular flexibility index (Phi) is 5.55. The maximum Gasteiger partial charge on any atom is 0.200 e. The van der Waals surface area contributed by atoms with Gasteiger partial charge in [0.15, 0.2) is 11.3 Å². The van der Waals surface area contributed by atoms with Crippen LogP contribution in [0.15, 0.2) is 57.7 Å². The van der Waals surface area contributed by atoms with Gasteiger partial charge >= 0.3 is 0 Å². The zero-order valence-electron chi connectivity index (χ0n) is 18.0. The summed E-state index contributed by atoms with van der Waals surface area (Å²) in [6.07, 6.45) is 2.38. The lowest BCUT2D eigenvalue weighted by Gasteiger charge is -2.28. The number of morpholine rings is 1. The second-order valence-corrected chi connectivity index (χ2v) is 8.39. The van der Waals surface area contributed by atoms with Crippen LogP contribution in [0.1, 0.15) is 31.4 Å². The topological polar surface area (TPSA) is 58.0 Å². The van der Waals surface area contributed by atoms with Crippen molar-refractivity contribution in [2.45, 2.75) is 25.8 Å². The predicted molar refractivity (Wildman–Crippen MR) is 125 cm³/mol. The monoisotopic (exact) mass is 419 g/mol. The molecule has 2 aromatic carbocycles. The van der Waals surface area contributed by atoms with Crippen LogP contribution >= 0.6 is 0 Å². The fourth-order valence-electron chi connectivity index (χ4n) is 4.54. The second kappa shape index (κ2) is 8.63. The molecule has 3 heterocycles. The summed E-state index contributed by atoms with van der Waals surface area (Å²) in [4.78, 5) is 17.6. The summed E-state index contributed by atoms with van der Waals surface area (Å²) in [6, 6.07) is 16.0. The zero-order valence-corrected chi connectivity index (χ0v) is 18.0. The summed E-state index contributed by atoms with van der Waals surface area (Å²) >= 11 is 0. The van der Waals surface area contributed by atoms with Gasteiger partial charge in [-0.2, -0.15) is 0 Å². The third-order valence-corrected chi connectivity index (χ3v) is 6.25. The molecule has 0 bridgehead atoms. The Morgan fingerprint density at radius 2 is 1.68 bits per heavy atom. The first kappa shape index (κ1) is 19.9. The Morgan fingerprint density at radius 3 is 2.42 bits per heavy atom. The first-order chi connectivity index (χ1) is 15.2. The molecule has 0 amide bonds. The number of anilines is 3. The number of ether oxygens (including phenoxy) is 1. The predicted octanol–water partition coefficient (Wildman–Crippen LogP) is 4.40. The second-order valence-electron chi connectivity index (χ2n) is 8.39. The van der Waals surface area contributed by atoms with Gasteiger partial charge in [-0.15, -0.1) is 0 Å². The lowest BCUT2D eigenvalue weighted by atomic mass is 10.0. The molecule has 31 heavy (non-hydrogen) atoms. The molecular formula is C25H29N3O3. The smallest absolute Gasteiger partial charge is 0.200 e. The highest BCUT2D eigenvalue weighted by molar-refractivity contribution is 5.86. The molecule has 0 saturated carbocycles. The van der Waals surface area contributed by atoms with Crippen molar-refractivity contribution >= 4 is 28.2 Å². The van der Waals surface area contributed by atoms with E-state index in [1.54, 1.807) is 6.07 Å². The third kappa shape index (κ3) is 4.12. The molecule has 2 aliphatic rings. The average molecular weight is 420 g/mol. The van der Waals surface area contributed by atoms with Crippen molar-refractivity contribution in [3.8, 4) is 0 Å². The molecule has 5 rings (SSSR count). The molecule has 1 N–H and O–H groups in total. The van der Waals surface area contributed by atoms with Crippen LogP contribution in [0.5, 0.6) is 0 Å². The largest absolute Gasteiger partial charge is 0.440 e. The first-order valence-electron chi connectivity index (χ1n) is 11.2. The van der Waals surface area contributed by atoms with Crippen molar-refractivity contribution in [1.82, 2.24) is 0 Å². The van der Waals surface area contributed by atoms with Crippen LogP contribution in [-0.4, -0.2) is 39.4 Å². The van der Waals surface area contributed by atoms with E-state index in [9.17, 15) is 4.79 Å². The maximum absolute atomic E-state index is 13.2. The van der Waals surface area contributed by atoms with E-state index in [1.807, 2.05) is 24.3 Å². The van der Waals surface area contributed by atoms with Crippen molar-refractivity contribution in [2.75, 3.05) is 54.5 Å². The van der Waals surface area contributed by atoms with Crippen LogP contribution in [0.4, 0.5) is 17.3 Å². The molecule has 2 saturated heterocycles. The molecule has 0 radical (unpaired) electrons. The van der Waals surface area contributed by atoms with Crippen molar-refractivity contribution in [3.63, 3.8) is 0 Å². The quantitative estimate of drug-likeness (QED) is 0.661. The summed E-state index contributed by atoms with van der Waals surface area (Å²) in [5.41, 5.74) is 3.84. The molecule has 1 aromatic heterocycles. The highest BCUT2D eigenvalue weighted by atomic mass is 16.5. The van der Waals surface area contributed by atoms with Gasteiger partial charge in [-0.3, -0.25) is 4.79 Å². The Labute approximate surface area is 182 Å². The molecule has 6 heteroatoms. The summed E-state index contributed by atoms with van der Waals surface area (Å²) in [7, 11) is 0. The standard InChI is InChI=1S/C25H29N3O3/c1-18(26-19-7-3-2-4-8-19)21-15-20(27-9-5-6-10-27)16-22-23(29)17-24(31-25(21)22)28-11-13-30-14-12-28/h2-4,7-8,15-18,26H,5-6,9-14H2,1H3. The van der Waals surface area contributed by atoms with Gasteiger partial charge in [-0.25, -0.2) is 0 Å². The SMILES string of the molecule is CC(Nc1ccccc1)c1cc(N2CCCC2)cc2c(=O)cc(N3CCOCC3)oc12. The molecule has 3 aromatic rings. The number of benzene rings is 2. The number of hydrogen-bond donors (Lipinski definition) is 1. The van der Waals surface area contributed by atoms with Crippen molar-refractivity contribution < 1.29 is 9.15 Å². The Morgan fingerprint density at radius 1 is 0.935 bits per heavy atom. The van der Waals surface area contributed by atoms with Crippen molar-refractivity contribution in [1.29, 1.82) is 0 Å². The molecule has 0 spiro atoms. The summed E-state index contributed by atoms with van der Waals surface area (Å²) in [6.45, 7) is 6.94. The molecular weight excluding hydrogens is 390 g/mol. The van der Waals surface area contributed by atoms with E-state index in [1.165, 1.54) is 12.8 Å². The van der Waals surface area contributed by atoms with Gasteiger partial charge in [-0.05, 0) is 44.0 Å². The van der Waals surface area contributed by atoms with Crippen LogP contribution in [0.25, 0.3) is 11.0 Å². The van der Waals surface area contributed by atoms with Gasteiger partial charge in [0.1, 0.15) is 5.58 Å². The molecule has 2 fully saturated rings. The van der Waals surface area contributed by atoms with Gasteiger partial charge in [0, 0.05) is 49.2 Å². The van der Waals surface area contributed by atoms with Crippen molar-refractivity contribution in [3.05, 3.63) is 64.3 Å². The number of fused-ring (bicyclic) bond motifs is 1. The van der Waals surface area contributed by atoms with Crippen LogP contribution in [-0.2, 0) is 4.74 Å². The lowest BCUT2D eigenvalue weighted by Crippen LogP contribution is -2.36. The minimum absolute atomic E-state index is 0.0111. The molecule has 162 valence electrons. The van der Waals surface area contributed by atoms with Crippen LogP contribution < -0.4 is 20.5 Å². The summed E-state index contributed by atoms with van der Waals surface area (Å²) in [5.74, 6) is 0.628. The molecule has 1 atom stereocenters. The van der Waals surface area contributed by atoms with E-state index in [0.717, 1.165) is 43.1 Å². The van der Waals surface area contributed by atoms with E-state index < -0.39 is 0 Å². The van der Waals surface area contributed by atoms with E-state index in [-0.39, 0.29) is 11.5 Å². The van der Waals surface area contributed by atoms with E-state index in [2.05, 4.69) is 40.2 Å². The number of hydrogen-bond acceptors (Lipinski definition) is 6. The third-order valence-electron chi connectivity index (χ3n) is 6.25. The minimum atomic E-state index is -0.0180. The Balaban J connectivity index is 1.61.